The van der Waals surface area contributed by atoms with Crippen molar-refractivity contribution in [3.05, 3.63) is 53.1 Å². The number of alkyl halides is 1. The third-order valence-corrected chi connectivity index (χ3v) is 6.85. The second-order valence-corrected chi connectivity index (χ2v) is 10.2. The highest BCUT2D eigenvalue weighted by Crippen LogP contribution is 2.48. The number of hydrogen-bond donors (Lipinski definition) is 3. The highest BCUT2D eigenvalue weighted by atomic mass is 31.2. The van der Waals surface area contributed by atoms with Crippen molar-refractivity contribution in [3.8, 4) is 18.1 Å². The first-order valence-corrected chi connectivity index (χ1v) is 12.7. The van der Waals surface area contributed by atoms with Gasteiger partial charge in [0, 0.05) is 6.20 Å². The summed E-state index contributed by atoms with van der Waals surface area (Å²) >= 11 is 0. The van der Waals surface area contributed by atoms with Gasteiger partial charge in [0.15, 0.2) is 18.0 Å². The van der Waals surface area contributed by atoms with Crippen molar-refractivity contribution in [1.82, 2.24) is 14.6 Å². The Hall–Kier alpha value is -3.27. The van der Waals surface area contributed by atoms with Crippen LogP contribution in [-0.2, 0) is 23.4 Å². The van der Waals surface area contributed by atoms with Crippen molar-refractivity contribution in [2.75, 3.05) is 12.3 Å². The number of carbonyl (C=O) groups is 1. The molecule has 37 heavy (non-hydrogen) atoms. The lowest BCUT2D eigenvalue weighted by Crippen LogP contribution is -2.45. The van der Waals surface area contributed by atoms with Gasteiger partial charge in [0.1, 0.15) is 30.3 Å². The van der Waals surface area contributed by atoms with Crippen molar-refractivity contribution in [2.24, 2.45) is 0 Å². The number of benzene rings is 1. The molecule has 2 aromatic rings. The minimum Gasteiger partial charge on any atom is -0.462 e. The molecule has 1 unspecified atom stereocenters. The molecule has 0 spiro atoms. The third-order valence-electron chi connectivity index (χ3n) is 5.23. The Kier molecular flexibility index (Phi) is 8.73. The molecule has 1 saturated heterocycles. The largest absolute Gasteiger partial charge is 0.462 e. The SMILES string of the molecule is C#C[C@]1(COP(=O)(N[C@@H](C)C(=O)OC(C)C)Oc2ccccc2)O[C@@H](n2ccc(N)nc2=O)[C@H](F)[C@@H]1O. The minimum absolute atomic E-state index is 0.100. The number of aliphatic hydroxyl groups is 1. The number of rotatable bonds is 10. The third kappa shape index (κ3) is 6.54. The normalized spacial score (nSPS) is 25.7. The van der Waals surface area contributed by atoms with E-state index in [-0.39, 0.29) is 11.6 Å². The van der Waals surface area contributed by atoms with Crippen molar-refractivity contribution >= 4 is 19.5 Å². The zero-order valence-corrected chi connectivity index (χ0v) is 21.2. The summed E-state index contributed by atoms with van der Waals surface area (Å²) in [6, 6.07) is 7.97. The first kappa shape index (κ1) is 28.3. The van der Waals surface area contributed by atoms with Crippen LogP contribution in [0.1, 0.15) is 27.0 Å². The highest BCUT2D eigenvalue weighted by molar-refractivity contribution is 7.52. The standard InChI is InChI=1S/C23H28FN4O8P/c1-5-23(19(29)18(24)20(35-23)28-12-11-17(25)26-22(28)31)13-33-37(32,36-16-9-7-6-8-10-16)27-15(4)21(30)34-14(2)3/h1,6-12,14-15,18-20,29H,13H2,2-4H3,(H,27,32)(H2,25,26,31)/t15-,18+,19-,20+,23+,37?/m0/s1. The molecular formula is C23H28FN4O8P. The van der Waals surface area contributed by atoms with Crippen molar-refractivity contribution < 1.29 is 37.4 Å². The number of halogens is 1. The topological polar surface area (TPSA) is 164 Å². The van der Waals surface area contributed by atoms with Gasteiger partial charge in [-0.25, -0.2) is 13.8 Å². The maximum Gasteiger partial charge on any atom is 0.459 e. The van der Waals surface area contributed by atoms with Crippen LogP contribution in [0.5, 0.6) is 5.75 Å². The second-order valence-electron chi connectivity index (χ2n) is 8.49. The smallest absolute Gasteiger partial charge is 0.459 e. The molecule has 0 saturated carbocycles. The van der Waals surface area contributed by atoms with Gasteiger partial charge in [-0.1, -0.05) is 24.1 Å². The molecule has 6 atom stereocenters. The van der Waals surface area contributed by atoms with Gasteiger partial charge in [-0.05, 0) is 39.0 Å². The van der Waals surface area contributed by atoms with E-state index in [0.29, 0.717) is 0 Å². The summed E-state index contributed by atoms with van der Waals surface area (Å²) in [5.41, 5.74) is 2.34. The van der Waals surface area contributed by atoms with E-state index in [2.05, 4.69) is 16.0 Å². The van der Waals surface area contributed by atoms with Crippen LogP contribution < -0.4 is 21.0 Å². The lowest BCUT2D eigenvalue weighted by molar-refractivity contribution is -0.149. The van der Waals surface area contributed by atoms with Crippen LogP contribution >= 0.6 is 7.75 Å². The summed E-state index contributed by atoms with van der Waals surface area (Å²) in [5, 5.41) is 13.1. The summed E-state index contributed by atoms with van der Waals surface area (Å²) in [7, 11) is -4.41. The first-order valence-electron chi connectivity index (χ1n) is 11.2. The molecule has 1 aliphatic rings. The van der Waals surface area contributed by atoms with Crippen LogP contribution in [0.15, 0.2) is 47.4 Å². The predicted octanol–water partition coefficient (Wildman–Crippen LogP) is 1.56. The average Bonchev–Trinajstić information content (AvgIpc) is 3.08. The number of nitrogens with one attached hydrogen (secondary N) is 1. The van der Waals surface area contributed by atoms with E-state index in [1.807, 2.05) is 0 Å². The van der Waals surface area contributed by atoms with E-state index in [4.69, 9.17) is 30.7 Å². The van der Waals surface area contributed by atoms with Crippen LogP contribution in [0.25, 0.3) is 0 Å². The fourth-order valence-electron chi connectivity index (χ4n) is 3.39. The van der Waals surface area contributed by atoms with Gasteiger partial charge < -0.3 is 24.8 Å². The number of terminal acetylenes is 1. The first-order chi connectivity index (χ1) is 17.4. The van der Waals surface area contributed by atoms with Gasteiger partial charge in [-0.2, -0.15) is 10.1 Å². The number of anilines is 1. The monoisotopic (exact) mass is 538 g/mol. The maximum atomic E-state index is 15.1. The number of ether oxygens (including phenoxy) is 2. The molecule has 0 bridgehead atoms. The summed E-state index contributed by atoms with van der Waals surface area (Å²) < 4.78 is 51.3. The molecular weight excluding hydrogens is 510 g/mol. The Balaban J connectivity index is 1.86. The molecule has 3 rings (SSSR count). The quantitative estimate of drug-likeness (QED) is 0.228. The molecule has 12 nitrogen and oxygen atoms in total. The number of esters is 1. The lowest BCUT2D eigenvalue weighted by atomic mass is 9.98. The van der Waals surface area contributed by atoms with E-state index in [1.54, 1.807) is 32.0 Å². The molecule has 1 fully saturated rings. The average molecular weight is 538 g/mol. The number of nitrogens with zero attached hydrogens (tertiary/aromatic N) is 2. The van der Waals surface area contributed by atoms with Gasteiger partial charge in [0.2, 0.25) is 0 Å². The zero-order valence-electron chi connectivity index (χ0n) is 20.3. The summed E-state index contributed by atoms with van der Waals surface area (Å²) in [4.78, 5) is 28.0. The fraction of sp³-hybridized carbons (Fsp3) is 0.435. The Bertz CT molecular complexity index is 1250. The number of para-hydroxylation sites is 1. The molecule has 1 aromatic heterocycles. The van der Waals surface area contributed by atoms with Crippen molar-refractivity contribution in [3.63, 3.8) is 0 Å². The zero-order chi connectivity index (χ0) is 27.4. The van der Waals surface area contributed by atoms with E-state index in [9.17, 15) is 19.3 Å². The van der Waals surface area contributed by atoms with E-state index in [1.165, 1.54) is 25.1 Å². The van der Waals surface area contributed by atoms with Crippen molar-refractivity contribution in [2.45, 2.75) is 57.0 Å². The van der Waals surface area contributed by atoms with Gasteiger partial charge >= 0.3 is 19.4 Å². The number of nitrogens with two attached hydrogens (primary N) is 1. The summed E-state index contributed by atoms with van der Waals surface area (Å²) in [6.07, 6.45) is 0.401. The van der Waals surface area contributed by atoms with Gasteiger partial charge in [-0.3, -0.25) is 13.9 Å². The van der Waals surface area contributed by atoms with Crippen LogP contribution in [0.3, 0.4) is 0 Å². The molecule has 200 valence electrons. The molecule has 4 N–H and O–H groups in total. The number of aliphatic hydroxyl groups excluding tert-OH is 1. The molecule has 14 heteroatoms. The van der Waals surface area contributed by atoms with Crippen LogP contribution in [0.2, 0.25) is 0 Å². The fourth-order valence-corrected chi connectivity index (χ4v) is 4.91. The molecule has 1 aliphatic heterocycles. The summed E-state index contributed by atoms with van der Waals surface area (Å²) in [5.74, 6) is 1.41. The number of nitrogen functional groups attached to an aromatic ring is 1. The molecule has 1 aromatic carbocycles. The van der Waals surface area contributed by atoms with Gasteiger partial charge in [-0.15, -0.1) is 6.42 Å². The second kappa shape index (κ2) is 11.4. The van der Waals surface area contributed by atoms with E-state index < -0.39 is 62.3 Å². The lowest BCUT2D eigenvalue weighted by Gasteiger charge is -2.29. The van der Waals surface area contributed by atoms with Gasteiger partial charge in [0.05, 0.1) is 6.10 Å². The Morgan fingerprint density at radius 3 is 2.65 bits per heavy atom. The van der Waals surface area contributed by atoms with Crippen LogP contribution in [0.4, 0.5) is 10.2 Å². The molecule has 2 heterocycles. The summed E-state index contributed by atoms with van der Waals surface area (Å²) in [6.45, 7) is 3.81. The highest BCUT2D eigenvalue weighted by Gasteiger charge is 2.57. The Labute approximate surface area is 212 Å². The number of hydrogen-bond acceptors (Lipinski definition) is 10. The minimum atomic E-state index is -4.41. The number of aromatic nitrogens is 2. The van der Waals surface area contributed by atoms with Gasteiger partial charge in [0.25, 0.3) is 0 Å². The molecule has 0 aliphatic carbocycles. The Morgan fingerprint density at radius 2 is 2.05 bits per heavy atom. The van der Waals surface area contributed by atoms with Crippen LogP contribution in [-0.4, -0.2) is 57.3 Å². The predicted molar refractivity (Wildman–Crippen MR) is 130 cm³/mol. The van der Waals surface area contributed by atoms with Crippen LogP contribution in [0, 0.1) is 12.3 Å². The maximum absolute atomic E-state index is 15.1. The number of carbonyl (C=O) groups excluding carboxylic acids is 1. The molecule has 0 radical (unpaired) electrons. The van der Waals surface area contributed by atoms with E-state index in [0.717, 1.165) is 10.8 Å². The van der Waals surface area contributed by atoms with Crippen molar-refractivity contribution in [1.29, 1.82) is 0 Å². The molecule has 0 amide bonds. The Morgan fingerprint density at radius 1 is 1.38 bits per heavy atom. The van der Waals surface area contributed by atoms with E-state index >= 15 is 4.39 Å².